The lowest BCUT2D eigenvalue weighted by Crippen LogP contribution is -2.10. The smallest absolute Gasteiger partial charge is 0.126 e. The van der Waals surface area contributed by atoms with E-state index in [1.807, 2.05) is 43.3 Å². The minimum atomic E-state index is -0.761. The molecule has 4 heteroatoms. The molecule has 106 valence electrons. The topological polar surface area (TPSA) is 23.5 Å². The zero-order valence-electron chi connectivity index (χ0n) is 11.5. The van der Waals surface area contributed by atoms with Gasteiger partial charge in [-0.25, -0.2) is 4.39 Å². The lowest BCUT2D eigenvalue weighted by molar-refractivity contribution is 0.177. The number of halogens is 2. The number of hydrogen-bond donors (Lipinski definition) is 1. The molecule has 20 heavy (non-hydrogen) atoms. The Morgan fingerprint density at radius 3 is 2.65 bits per heavy atom. The first kappa shape index (κ1) is 14.8. The van der Waals surface area contributed by atoms with Crippen LogP contribution in [0.2, 0.25) is 5.02 Å². The molecule has 0 heterocycles. The summed E-state index contributed by atoms with van der Waals surface area (Å²) in [5.41, 5.74) is 2.17. The van der Waals surface area contributed by atoms with Crippen LogP contribution in [0.5, 0.6) is 0 Å². The third-order valence-electron chi connectivity index (χ3n) is 3.19. The van der Waals surface area contributed by atoms with Gasteiger partial charge in [-0.15, -0.1) is 0 Å². The molecular formula is C16H17ClFNO. The van der Waals surface area contributed by atoms with Crippen LogP contribution in [0.25, 0.3) is 0 Å². The average Bonchev–Trinajstić information content (AvgIpc) is 2.43. The predicted octanol–water partition coefficient (Wildman–Crippen LogP) is 3.82. The second-order valence-electron chi connectivity index (χ2n) is 4.95. The van der Waals surface area contributed by atoms with Crippen molar-refractivity contribution in [2.75, 3.05) is 19.0 Å². The molecule has 2 nitrogen and oxygen atoms in total. The molecule has 0 radical (unpaired) electrons. The standard InChI is InChI=1S/C16H17ClFNO/c1-19(2)14-5-3-4-11(9-14)16(20)10-12-8-13(17)6-7-15(12)18/h3-9,16,20H,10H2,1-2H3. The Kier molecular flexibility index (Phi) is 4.63. The summed E-state index contributed by atoms with van der Waals surface area (Å²) in [6.07, 6.45) is -0.564. The van der Waals surface area contributed by atoms with Crippen molar-refractivity contribution in [3.8, 4) is 0 Å². The van der Waals surface area contributed by atoms with Gasteiger partial charge in [-0.05, 0) is 41.5 Å². The van der Waals surface area contributed by atoms with Gasteiger partial charge in [0, 0.05) is 31.2 Å². The van der Waals surface area contributed by atoms with Crippen molar-refractivity contribution >= 4 is 17.3 Å². The quantitative estimate of drug-likeness (QED) is 0.926. The maximum Gasteiger partial charge on any atom is 0.126 e. The van der Waals surface area contributed by atoms with Gasteiger partial charge in [0.2, 0.25) is 0 Å². The van der Waals surface area contributed by atoms with Crippen LogP contribution in [0.4, 0.5) is 10.1 Å². The van der Waals surface area contributed by atoms with Crippen LogP contribution in [-0.2, 0) is 6.42 Å². The molecule has 2 aromatic carbocycles. The van der Waals surface area contributed by atoms with Gasteiger partial charge in [0.05, 0.1) is 6.10 Å². The second kappa shape index (κ2) is 6.25. The maximum atomic E-state index is 13.7. The lowest BCUT2D eigenvalue weighted by atomic mass is 10.0. The molecule has 0 aromatic heterocycles. The van der Waals surface area contributed by atoms with Gasteiger partial charge in [0.25, 0.3) is 0 Å². The zero-order chi connectivity index (χ0) is 14.7. The number of rotatable bonds is 4. The van der Waals surface area contributed by atoms with Crippen LogP contribution in [0.15, 0.2) is 42.5 Å². The van der Waals surface area contributed by atoms with E-state index in [1.165, 1.54) is 12.1 Å². The van der Waals surface area contributed by atoms with E-state index in [9.17, 15) is 9.50 Å². The van der Waals surface area contributed by atoms with E-state index in [1.54, 1.807) is 6.07 Å². The molecule has 1 atom stereocenters. The third-order valence-corrected chi connectivity index (χ3v) is 3.43. The Labute approximate surface area is 123 Å². The van der Waals surface area contributed by atoms with Crippen molar-refractivity contribution in [2.45, 2.75) is 12.5 Å². The van der Waals surface area contributed by atoms with Gasteiger partial charge in [-0.2, -0.15) is 0 Å². The third kappa shape index (κ3) is 3.50. The summed E-state index contributed by atoms with van der Waals surface area (Å²) >= 11 is 5.86. The summed E-state index contributed by atoms with van der Waals surface area (Å²) in [6, 6.07) is 11.9. The maximum absolute atomic E-state index is 13.7. The Morgan fingerprint density at radius 2 is 1.95 bits per heavy atom. The highest BCUT2D eigenvalue weighted by molar-refractivity contribution is 6.30. The monoisotopic (exact) mass is 293 g/mol. The Morgan fingerprint density at radius 1 is 1.20 bits per heavy atom. The van der Waals surface area contributed by atoms with Crippen molar-refractivity contribution < 1.29 is 9.50 Å². The largest absolute Gasteiger partial charge is 0.388 e. The molecule has 1 unspecified atom stereocenters. The molecule has 2 aromatic rings. The van der Waals surface area contributed by atoms with Crippen molar-refractivity contribution in [2.24, 2.45) is 0 Å². The summed E-state index contributed by atoms with van der Waals surface area (Å²) in [5, 5.41) is 10.7. The molecule has 0 amide bonds. The Hall–Kier alpha value is -1.58. The molecule has 0 bridgehead atoms. The lowest BCUT2D eigenvalue weighted by Gasteiger charge is -2.17. The summed E-state index contributed by atoms with van der Waals surface area (Å²) in [7, 11) is 3.87. The number of aliphatic hydroxyl groups is 1. The first-order valence-corrected chi connectivity index (χ1v) is 6.74. The SMILES string of the molecule is CN(C)c1cccc(C(O)Cc2cc(Cl)ccc2F)c1. The van der Waals surface area contributed by atoms with Crippen LogP contribution in [-0.4, -0.2) is 19.2 Å². The van der Waals surface area contributed by atoms with Crippen LogP contribution in [0, 0.1) is 5.82 Å². The fourth-order valence-corrected chi connectivity index (χ4v) is 2.23. The minimum absolute atomic E-state index is 0.198. The molecule has 1 N–H and O–H groups in total. The van der Waals surface area contributed by atoms with Gasteiger partial charge >= 0.3 is 0 Å². The number of hydrogen-bond acceptors (Lipinski definition) is 2. The van der Waals surface area contributed by atoms with Gasteiger partial charge in [-0.3, -0.25) is 0 Å². The average molecular weight is 294 g/mol. The summed E-state index contributed by atoms with van der Waals surface area (Å²) in [5.74, 6) is -0.350. The normalized spacial score (nSPS) is 12.2. The summed E-state index contributed by atoms with van der Waals surface area (Å²) in [6.45, 7) is 0. The Bertz CT molecular complexity index is 601. The van der Waals surface area contributed by atoms with E-state index in [-0.39, 0.29) is 12.2 Å². The molecule has 0 saturated heterocycles. The van der Waals surface area contributed by atoms with E-state index in [0.717, 1.165) is 11.3 Å². The Balaban J connectivity index is 2.21. The predicted molar refractivity (Wildman–Crippen MR) is 80.8 cm³/mol. The molecule has 0 aliphatic carbocycles. The van der Waals surface area contributed by atoms with Crippen LogP contribution in [0.1, 0.15) is 17.2 Å². The number of anilines is 1. The molecule has 2 rings (SSSR count). The van der Waals surface area contributed by atoms with Gasteiger partial charge < -0.3 is 10.0 Å². The molecule has 0 aliphatic rings. The van der Waals surface area contributed by atoms with Gasteiger partial charge in [0.15, 0.2) is 0 Å². The van der Waals surface area contributed by atoms with Crippen molar-refractivity contribution in [3.63, 3.8) is 0 Å². The van der Waals surface area contributed by atoms with Crippen LogP contribution >= 0.6 is 11.6 Å². The molecule has 0 saturated carbocycles. The van der Waals surface area contributed by atoms with Crippen molar-refractivity contribution in [1.82, 2.24) is 0 Å². The van der Waals surface area contributed by atoms with Crippen LogP contribution < -0.4 is 4.90 Å². The second-order valence-corrected chi connectivity index (χ2v) is 5.38. The van der Waals surface area contributed by atoms with Gasteiger partial charge in [0.1, 0.15) is 5.82 Å². The van der Waals surface area contributed by atoms with E-state index in [4.69, 9.17) is 11.6 Å². The van der Waals surface area contributed by atoms with Crippen molar-refractivity contribution in [3.05, 3.63) is 64.4 Å². The first-order valence-electron chi connectivity index (χ1n) is 6.36. The number of aliphatic hydroxyl groups excluding tert-OH is 1. The van der Waals surface area contributed by atoms with Gasteiger partial charge in [-0.1, -0.05) is 23.7 Å². The summed E-state index contributed by atoms with van der Waals surface area (Å²) in [4.78, 5) is 1.95. The van der Waals surface area contributed by atoms with Crippen LogP contribution in [0.3, 0.4) is 0 Å². The van der Waals surface area contributed by atoms with E-state index in [2.05, 4.69) is 0 Å². The summed E-state index contributed by atoms with van der Waals surface area (Å²) < 4.78 is 13.7. The highest BCUT2D eigenvalue weighted by Gasteiger charge is 2.13. The number of benzene rings is 2. The molecular weight excluding hydrogens is 277 g/mol. The van der Waals surface area contributed by atoms with E-state index < -0.39 is 6.10 Å². The molecule has 0 fully saturated rings. The van der Waals surface area contributed by atoms with E-state index in [0.29, 0.717) is 10.6 Å². The molecule has 0 aliphatic heterocycles. The molecule has 0 spiro atoms. The highest BCUT2D eigenvalue weighted by atomic mass is 35.5. The highest BCUT2D eigenvalue weighted by Crippen LogP contribution is 2.25. The van der Waals surface area contributed by atoms with E-state index >= 15 is 0 Å². The zero-order valence-corrected chi connectivity index (χ0v) is 12.2. The van der Waals surface area contributed by atoms with Crippen molar-refractivity contribution in [1.29, 1.82) is 0 Å². The fourth-order valence-electron chi connectivity index (χ4n) is 2.04. The fraction of sp³-hybridized carbons (Fsp3) is 0.250. The minimum Gasteiger partial charge on any atom is -0.388 e. The first-order chi connectivity index (χ1) is 9.47. The number of nitrogens with zero attached hydrogens (tertiary/aromatic N) is 1.